The highest BCUT2D eigenvalue weighted by atomic mass is 127. The van der Waals surface area contributed by atoms with Crippen molar-refractivity contribution in [1.29, 1.82) is 0 Å². The molecule has 1 fully saturated rings. The number of nitrogens with one attached hydrogen (secondary N) is 1. The number of fused-ring (bicyclic) bond motifs is 1. The fourth-order valence-corrected chi connectivity index (χ4v) is 4.20. The maximum atomic E-state index is 5.47. The van der Waals surface area contributed by atoms with Gasteiger partial charge in [0.1, 0.15) is 0 Å². The first-order chi connectivity index (χ1) is 13.2. The van der Waals surface area contributed by atoms with E-state index < -0.39 is 0 Å². The molecule has 28 heavy (non-hydrogen) atoms. The summed E-state index contributed by atoms with van der Waals surface area (Å²) in [7, 11) is 5.25. The maximum absolute atomic E-state index is 5.47. The summed E-state index contributed by atoms with van der Waals surface area (Å²) in [5, 5.41) is 3.57. The molecule has 1 unspecified atom stereocenters. The first kappa shape index (κ1) is 23.1. The molecule has 0 amide bonds. The highest BCUT2D eigenvalue weighted by molar-refractivity contribution is 14.0. The summed E-state index contributed by atoms with van der Waals surface area (Å²) < 4.78 is 10.9. The normalized spacial score (nSPS) is 20.2. The van der Waals surface area contributed by atoms with Crippen molar-refractivity contribution in [3.05, 3.63) is 23.3 Å². The lowest BCUT2D eigenvalue weighted by atomic mass is 9.99. The topological polar surface area (TPSA) is 49.3 Å². The predicted molar refractivity (Wildman–Crippen MR) is 125 cm³/mol. The van der Waals surface area contributed by atoms with Crippen molar-refractivity contribution >= 4 is 29.9 Å². The van der Waals surface area contributed by atoms with Gasteiger partial charge in [0, 0.05) is 39.3 Å². The van der Waals surface area contributed by atoms with Crippen LogP contribution in [0.3, 0.4) is 0 Å². The number of methoxy groups -OCH3 is 2. The fraction of sp³-hybridized carbons (Fsp3) is 0.667. The molecule has 0 spiro atoms. The van der Waals surface area contributed by atoms with Gasteiger partial charge in [-0.15, -0.1) is 24.0 Å². The Bertz CT molecular complexity index is 668. The molecular formula is C21H35IN4O2. The van der Waals surface area contributed by atoms with Crippen molar-refractivity contribution in [3.8, 4) is 11.5 Å². The summed E-state index contributed by atoms with van der Waals surface area (Å²) in [5.41, 5.74) is 2.62. The average Bonchev–Trinajstić information content (AvgIpc) is 2.71. The Kier molecular flexibility index (Phi) is 9.14. The number of nitrogens with zero attached hydrogens (tertiary/aromatic N) is 3. The third-order valence-corrected chi connectivity index (χ3v) is 5.85. The number of benzene rings is 1. The molecule has 6 nitrogen and oxygen atoms in total. The van der Waals surface area contributed by atoms with Crippen LogP contribution in [0.1, 0.15) is 37.3 Å². The van der Waals surface area contributed by atoms with Gasteiger partial charge in [-0.25, -0.2) is 0 Å². The first-order valence-corrected chi connectivity index (χ1v) is 10.1. The summed E-state index contributed by atoms with van der Waals surface area (Å²) in [5.74, 6) is 2.59. The third-order valence-electron chi connectivity index (χ3n) is 5.85. The van der Waals surface area contributed by atoms with Crippen molar-refractivity contribution in [3.63, 3.8) is 0 Å². The SMILES string of the molecule is CN=C(NCCN1CCCCC1C)N1CCc2cc(OC)c(OC)cc2C1.I. The van der Waals surface area contributed by atoms with Crippen LogP contribution in [0.15, 0.2) is 17.1 Å². The summed E-state index contributed by atoms with van der Waals surface area (Å²) in [6, 6.07) is 4.91. The predicted octanol–water partition coefficient (Wildman–Crippen LogP) is 3.13. The van der Waals surface area contributed by atoms with Gasteiger partial charge in [0.15, 0.2) is 17.5 Å². The van der Waals surface area contributed by atoms with E-state index in [4.69, 9.17) is 9.47 Å². The Morgan fingerprint density at radius 1 is 1.14 bits per heavy atom. The molecule has 0 radical (unpaired) electrons. The number of aliphatic imine (C=N–C) groups is 1. The van der Waals surface area contributed by atoms with Crippen molar-refractivity contribution in [2.75, 3.05) is 47.4 Å². The molecule has 1 saturated heterocycles. The van der Waals surface area contributed by atoms with Crippen LogP contribution in [0, 0.1) is 0 Å². The van der Waals surface area contributed by atoms with Crippen LogP contribution in [-0.4, -0.2) is 69.2 Å². The third kappa shape index (κ3) is 5.43. The van der Waals surface area contributed by atoms with E-state index in [9.17, 15) is 0 Å². The second-order valence-corrected chi connectivity index (χ2v) is 7.50. The molecule has 0 saturated carbocycles. The second-order valence-electron chi connectivity index (χ2n) is 7.50. The zero-order valence-electron chi connectivity index (χ0n) is 17.7. The van der Waals surface area contributed by atoms with E-state index in [2.05, 4.69) is 39.2 Å². The van der Waals surface area contributed by atoms with Gasteiger partial charge in [0.2, 0.25) is 0 Å². The van der Waals surface area contributed by atoms with E-state index >= 15 is 0 Å². The molecule has 0 bridgehead atoms. The Morgan fingerprint density at radius 3 is 2.50 bits per heavy atom. The minimum Gasteiger partial charge on any atom is -0.493 e. The number of guanidine groups is 1. The maximum Gasteiger partial charge on any atom is 0.194 e. The molecule has 2 aliphatic rings. The van der Waals surface area contributed by atoms with Crippen LogP contribution in [0.4, 0.5) is 0 Å². The Balaban J connectivity index is 0.00000280. The van der Waals surface area contributed by atoms with E-state index in [1.165, 1.54) is 36.9 Å². The van der Waals surface area contributed by atoms with Gasteiger partial charge < -0.3 is 19.7 Å². The quantitative estimate of drug-likeness (QED) is 0.381. The van der Waals surface area contributed by atoms with Gasteiger partial charge in [0.25, 0.3) is 0 Å². The lowest BCUT2D eigenvalue weighted by molar-refractivity contribution is 0.163. The Hall–Kier alpha value is -1.22. The van der Waals surface area contributed by atoms with Crippen molar-refractivity contribution < 1.29 is 9.47 Å². The van der Waals surface area contributed by atoms with E-state index in [0.717, 1.165) is 50.1 Å². The second kappa shape index (κ2) is 11.1. The lowest BCUT2D eigenvalue weighted by Gasteiger charge is -2.35. The smallest absolute Gasteiger partial charge is 0.194 e. The molecule has 0 aliphatic carbocycles. The van der Waals surface area contributed by atoms with Gasteiger partial charge in [-0.2, -0.15) is 0 Å². The Labute approximate surface area is 186 Å². The minimum atomic E-state index is 0. The number of likely N-dealkylation sites (tertiary alicyclic amines) is 1. The zero-order valence-corrected chi connectivity index (χ0v) is 20.0. The Morgan fingerprint density at radius 2 is 1.86 bits per heavy atom. The van der Waals surface area contributed by atoms with Gasteiger partial charge in [0.05, 0.1) is 14.2 Å². The average molecular weight is 502 g/mol. The van der Waals surface area contributed by atoms with Gasteiger partial charge in [-0.1, -0.05) is 6.42 Å². The summed E-state index contributed by atoms with van der Waals surface area (Å²) in [6.45, 7) is 7.39. The molecule has 2 aliphatic heterocycles. The lowest BCUT2D eigenvalue weighted by Crippen LogP contribution is -2.47. The summed E-state index contributed by atoms with van der Waals surface area (Å²) in [4.78, 5) is 9.44. The van der Waals surface area contributed by atoms with Crippen LogP contribution in [0.2, 0.25) is 0 Å². The van der Waals surface area contributed by atoms with E-state index in [0.29, 0.717) is 6.04 Å². The molecule has 2 heterocycles. The zero-order chi connectivity index (χ0) is 19.2. The fourth-order valence-electron chi connectivity index (χ4n) is 4.20. The summed E-state index contributed by atoms with van der Waals surface area (Å²) in [6.07, 6.45) is 5.00. The molecule has 3 rings (SSSR count). The van der Waals surface area contributed by atoms with Crippen LogP contribution < -0.4 is 14.8 Å². The van der Waals surface area contributed by atoms with E-state index in [-0.39, 0.29) is 24.0 Å². The van der Waals surface area contributed by atoms with E-state index in [1.54, 1.807) is 14.2 Å². The molecule has 1 N–H and O–H groups in total. The van der Waals surface area contributed by atoms with Crippen molar-refractivity contribution in [2.24, 2.45) is 4.99 Å². The largest absolute Gasteiger partial charge is 0.493 e. The number of ether oxygens (including phenoxy) is 2. The van der Waals surface area contributed by atoms with Gasteiger partial charge in [-0.3, -0.25) is 9.89 Å². The molecule has 7 heteroatoms. The number of rotatable bonds is 5. The molecular weight excluding hydrogens is 467 g/mol. The highest BCUT2D eigenvalue weighted by Crippen LogP contribution is 2.33. The number of hydrogen-bond donors (Lipinski definition) is 1. The van der Waals surface area contributed by atoms with Crippen molar-refractivity contribution in [1.82, 2.24) is 15.1 Å². The van der Waals surface area contributed by atoms with Gasteiger partial charge in [-0.05, 0) is 56.0 Å². The van der Waals surface area contributed by atoms with Crippen LogP contribution in [0.5, 0.6) is 11.5 Å². The monoisotopic (exact) mass is 502 g/mol. The van der Waals surface area contributed by atoms with Gasteiger partial charge >= 0.3 is 0 Å². The molecule has 1 atom stereocenters. The highest BCUT2D eigenvalue weighted by Gasteiger charge is 2.22. The molecule has 1 aromatic rings. The van der Waals surface area contributed by atoms with Crippen LogP contribution in [-0.2, 0) is 13.0 Å². The van der Waals surface area contributed by atoms with Crippen molar-refractivity contribution in [2.45, 2.75) is 45.2 Å². The molecule has 1 aromatic carbocycles. The number of piperidine rings is 1. The van der Waals surface area contributed by atoms with Crippen LogP contribution >= 0.6 is 24.0 Å². The number of hydrogen-bond acceptors (Lipinski definition) is 4. The van der Waals surface area contributed by atoms with Crippen LogP contribution in [0.25, 0.3) is 0 Å². The molecule has 0 aromatic heterocycles. The first-order valence-electron chi connectivity index (χ1n) is 10.1. The number of halogens is 1. The summed E-state index contributed by atoms with van der Waals surface area (Å²) >= 11 is 0. The van der Waals surface area contributed by atoms with E-state index in [1.807, 2.05) is 7.05 Å². The standard InChI is InChI=1S/C21H34N4O2.HI/c1-16-7-5-6-10-24(16)12-9-23-21(22-2)25-11-8-17-13-19(26-3)20(27-4)14-18(17)15-25;/h13-14,16H,5-12,15H2,1-4H3,(H,22,23);1H. The molecule has 158 valence electrons. The minimum absolute atomic E-state index is 0.